The Bertz CT molecular complexity index is 755. The minimum atomic E-state index is -0.261. The van der Waals surface area contributed by atoms with Crippen LogP contribution < -0.4 is 4.74 Å². The molecule has 1 saturated carbocycles. The molecule has 4 fully saturated rings. The van der Waals surface area contributed by atoms with E-state index in [-0.39, 0.29) is 5.82 Å². The fraction of sp³-hybridized carbons (Fsp3) is 0.429. The molecule has 1 aromatic carbocycles. The number of ether oxygens (including phenoxy) is 1. The zero-order valence-electron chi connectivity index (χ0n) is 14.2. The second-order valence-corrected chi connectivity index (χ2v) is 7.55. The molecule has 3 nitrogen and oxygen atoms in total. The summed E-state index contributed by atoms with van der Waals surface area (Å²) in [6.07, 6.45) is 3.92. The van der Waals surface area contributed by atoms with Gasteiger partial charge in [0.05, 0.1) is 5.69 Å². The molecule has 2 aromatic rings. The Labute approximate surface area is 147 Å². The number of aromatic nitrogens is 1. The zero-order chi connectivity index (χ0) is 16.8. The zero-order valence-corrected chi connectivity index (χ0v) is 14.2. The van der Waals surface area contributed by atoms with Gasteiger partial charge in [0.15, 0.2) is 0 Å². The van der Waals surface area contributed by atoms with E-state index < -0.39 is 0 Å². The van der Waals surface area contributed by atoms with E-state index in [0.29, 0.717) is 17.5 Å². The topological polar surface area (TPSA) is 25.4 Å². The molecule has 4 heteroatoms. The average molecular weight is 337 g/mol. The van der Waals surface area contributed by atoms with Crippen molar-refractivity contribution >= 4 is 0 Å². The third-order valence-electron chi connectivity index (χ3n) is 6.04. The molecule has 129 valence electrons. The molecule has 4 aliphatic rings. The lowest BCUT2D eigenvalue weighted by Crippen LogP contribution is -2.48. The Morgan fingerprint density at radius 3 is 2.56 bits per heavy atom. The van der Waals surface area contributed by atoms with Crippen molar-refractivity contribution in [3.8, 4) is 11.6 Å². The van der Waals surface area contributed by atoms with Crippen LogP contribution in [0.3, 0.4) is 0 Å². The molecule has 3 saturated heterocycles. The van der Waals surface area contributed by atoms with Gasteiger partial charge in [-0.2, -0.15) is 0 Å². The molecule has 2 atom stereocenters. The monoisotopic (exact) mass is 337 g/mol. The first kappa shape index (κ1) is 15.3. The van der Waals surface area contributed by atoms with Crippen molar-refractivity contribution in [1.29, 1.82) is 0 Å². The van der Waals surface area contributed by atoms with Crippen LogP contribution in [0, 0.1) is 29.5 Å². The quantitative estimate of drug-likeness (QED) is 0.832. The van der Waals surface area contributed by atoms with Gasteiger partial charge in [0.25, 0.3) is 0 Å². The van der Waals surface area contributed by atoms with Crippen molar-refractivity contribution < 1.29 is 9.13 Å². The molecule has 6 rings (SSSR count). The maximum absolute atomic E-state index is 13.0. The maximum Gasteiger partial charge on any atom is 0.219 e. The van der Waals surface area contributed by atoms with E-state index >= 15 is 0 Å². The molecule has 3 aliphatic heterocycles. The van der Waals surface area contributed by atoms with Crippen LogP contribution >= 0.6 is 0 Å². The Morgan fingerprint density at radius 1 is 1.04 bits per heavy atom. The number of hydrogen-bond donors (Lipinski definition) is 0. The third kappa shape index (κ3) is 3.04. The lowest BCUT2D eigenvalue weighted by atomic mass is 9.76. The fourth-order valence-electron chi connectivity index (χ4n) is 4.62. The molecular weight excluding hydrogens is 315 g/mol. The summed E-state index contributed by atoms with van der Waals surface area (Å²) in [7, 11) is 0. The summed E-state index contributed by atoms with van der Waals surface area (Å²) < 4.78 is 18.8. The highest BCUT2D eigenvalue weighted by atomic mass is 19.1. The lowest BCUT2D eigenvalue weighted by Gasteiger charge is -2.45. The van der Waals surface area contributed by atoms with E-state index in [1.165, 1.54) is 56.9 Å². The van der Waals surface area contributed by atoms with Crippen LogP contribution in [0.2, 0.25) is 0 Å². The van der Waals surface area contributed by atoms with E-state index in [2.05, 4.69) is 11.0 Å². The second-order valence-electron chi connectivity index (χ2n) is 7.55. The van der Waals surface area contributed by atoms with Gasteiger partial charge in [-0.3, -0.25) is 0 Å². The van der Waals surface area contributed by atoms with Gasteiger partial charge in [0.2, 0.25) is 5.88 Å². The predicted molar refractivity (Wildman–Crippen MR) is 93.8 cm³/mol. The SMILES string of the molecule is Fc1ccc(Oc2cccc([C]3CC3C3CN4CCC3CC4)n2)cc1. The van der Waals surface area contributed by atoms with Crippen molar-refractivity contribution in [1.82, 2.24) is 9.88 Å². The molecule has 1 radical (unpaired) electrons. The van der Waals surface area contributed by atoms with Crippen molar-refractivity contribution in [3.63, 3.8) is 0 Å². The Morgan fingerprint density at radius 2 is 1.84 bits per heavy atom. The van der Waals surface area contributed by atoms with Crippen molar-refractivity contribution in [3.05, 3.63) is 59.9 Å². The minimum Gasteiger partial charge on any atom is -0.439 e. The second kappa shape index (κ2) is 6.10. The summed E-state index contributed by atoms with van der Waals surface area (Å²) in [5.74, 6) is 4.86. The van der Waals surface area contributed by atoms with Crippen LogP contribution in [0.4, 0.5) is 4.39 Å². The number of fused-ring (bicyclic) bond motifs is 3. The summed E-state index contributed by atoms with van der Waals surface area (Å²) in [4.78, 5) is 7.32. The van der Waals surface area contributed by atoms with Crippen LogP contribution in [0.1, 0.15) is 25.0 Å². The standard InChI is InChI=1S/C21H22FN2O/c22-15-4-6-16(7-5-15)25-21-3-1-2-20(23-21)18-12-17(18)19-13-24-10-8-14(19)9-11-24/h1-7,14,17,19H,8-13H2. The first-order valence-corrected chi connectivity index (χ1v) is 9.25. The average Bonchev–Trinajstić information content (AvgIpc) is 3.46. The molecular formula is C21H22FN2O. The summed E-state index contributed by atoms with van der Waals surface area (Å²) in [5.41, 5.74) is 1.07. The Kier molecular flexibility index (Phi) is 3.74. The van der Waals surface area contributed by atoms with Crippen LogP contribution in [0.25, 0.3) is 0 Å². The van der Waals surface area contributed by atoms with Gasteiger partial charge in [0.1, 0.15) is 11.6 Å². The van der Waals surface area contributed by atoms with E-state index in [1.54, 1.807) is 12.1 Å². The summed E-state index contributed by atoms with van der Waals surface area (Å²) in [5, 5.41) is 0. The van der Waals surface area contributed by atoms with Gasteiger partial charge in [-0.1, -0.05) is 6.07 Å². The molecule has 1 aliphatic carbocycles. The first-order valence-electron chi connectivity index (χ1n) is 9.25. The smallest absolute Gasteiger partial charge is 0.219 e. The highest BCUT2D eigenvalue weighted by Gasteiger charge is 2.50. The van der Waals surface area contributed by atoms with Crippen LogP contribution in [0.5, 0.6) is 11.6 Å². The highest BCUT2D eigenvalue weighted by Crippen LogP contribution is 2.55. The van der Waals surface area contributed by atoms with E-state index in [0.717, 1.165) is 17.5 Å². The first-order chi connectivity index (χ1) is 12.3. The largest absolute Gasteiger partial charge is 0.439 e. The van der Waals surface area contributed by atoms with Crippen LogP contribution in [0.15, 0.2) is 42.5 Å². The fourth-order valence-corrected chi connectivity index (χ4v) is 4.62. The van der Waals surface area contributed by atoms with Gasteiger partial charge in [-0.05, 0) is 80.4 Å². The van der Waals surface area contributed by atoms with E-state index in [9.17, 15) is 4.39 Å². The van der Waals surface area contributed by atoms with Gasteiger partial charge >= 0.3 is 0 Å². The summed E-state index contributed by atoms with van der Waals surface area (Å²) >= 11 is 0. The molecule has 4 heterocycles. The molecule has 0 spiro atoms. The third-order valence-corrected chi connectivity index (χ3v) is 6.04. The van der Waals surface area contributed by atoms with Gasteiger partial charge in [-0.15, -0.1) is 0 Å². The molecule has 2 unspecified atom stereocenters. The molecule has 2 bridgehead atoms. The van der Waals surface area contributed by atoms with Gasteiger partial charge < -0.3 is 9.64 Å². The number of rotatable bonds is 4. The number of pyridine rings is 1. The van der Waals surface area contributed by atoms with Crippen molar-refractivity contribution in [2.45, 2.75) is 19.3 Å². The van der Waals surface area contributed by atoms with Crippen molar-refractivity contribution in [2.24, 2.45) is 17.8 Å². The number of hydrogen-bond acceptors (Lipinski definition) is 3. The van der Waals surface area contributed by atoms with Crippen molar-refractivity contribution in [2.75, 3.05) is 19.6 Å². The molecule has 0 N–H and O–H groups in total. The Hall–Kier alpha value is -1.94. The minimum absolute atomic E-state index is 0.261. The molecule has 0 amide bonds. The van der Waals surface area contributed by atoms with Gasteiger partial charge in [-0.25, -0.2) is 9.37 Å². The number of benzene rings is 1. The number of piperidine rings is 3. The normalized spacial score (nSPS) is 31.1. The summed E-state index contributed by atoms with van der Waals surface area (Å²) in [6.45, 7) is 3.86. The molecule has 25 heavy (non-hydrogen) atoms. The van der Waals surface area contributed by atoms with Crippen LogP contribution in [-0.2, 0) is 0 Å². The lowest BCUT2D eigenvalue weighted by molar-refractivity contribution is 0.0411. The van der Waals surface area contributed by atoms with E-state index in [1.807, 2.05) is 12.1 Å². The predicted octanol–water partition coefficient (Wildman–Crippen LogP) is 4.30. The highest BCUT2D eigenvalue weighted by molar-refractivity contribution is 5.39. The van der Waals surface area contributed by atoms with Gasteiger partial charge in [0, 0.05) is 18.5 Å². The van der Waals surface area contributed by atoms with E-state index in [4.69, 9.17) is 9.72 Å². The molecule has 1 aromatic heterocycles. The number of halogens is 1. The number of nitrogens with zero attached hydrogens (tertiary/aromatic N) is 2. The maximum atomic E-state index is 13.0. The van der Waals surface area contributed by atoms with Crippen LogP contribution in [-0.4, -0.2) is 29.5 Å². The Balaban J connectivity index is 1.28. The summed E-state index contributed by atoms with van der Waals surface area (Å²) in [6, 6.07) is 12.0.